The van der Waals surface area contributed by atoms with Crippen LogP contribution in [0.1, 0.15) is 39.0 Å². The third-order valence-corrected chi connectivity index (χ3v) is 5.66. The number of carboxylic acids is 1. The van der Waals surface area contributed by atoms with Crippen LogP contribution in [-0.2, 0) is 4.79 Å². The molecule has 1 saturated carbocycles. The van der Waals surface area contributed by atoms with Crippen molar-refractivity contribution in [2.75, 3.05) is 26.2 Å². The lowest BCUT2D eigenvalue weighted by atomic mass is 9.65. The molecule has 0 amide bonds. The van der Waals surface area contributed by atoms with E-state index < -0.39 is 11.4 Å². The summed E-state index contributed by atoms with van der Waals surface area (Å²) in [5, 5.41) is 12.7. The van der Waals surface area contributed by atoms with E-state index in [1.54, 1.807) is 0 Å². The lowest BCUT2D eigenvalue weighted by molar-refractivity contribution is -0.158. The Kier molecular flexibility index (Phi) is 3.56. The van der Waals surface area contributed by atoms with Gasteiger partial charge in [0.2, 0.25) is 0 Å². The van der Waals surface area contributed by atoms with Crippen molar-refractivity contribution in [2.24, 2.45) is 17.3 Å². The molecule has 2 aliphatic heterocycles. The first-order chi connectivity index (χ1) is 9.08. The van der Waals surface area contributed by atoms with E-state index in [2.05, 4.69) is 10.2 Å². The Balaban J connectivity index is 1.53. The Morgan fingerprint density at radius 1 is 1.32 bits per heavy atom. The van der Waals surface area contributed by atoms with Gasteiger partial charge in [-0.1, -0.05) is 0 Å². The SMILES string of the molecule is CC1(C(=O)O)CC(N2CCCC(C3CCNC3)C2)C1. The van der Waals surface area contributed by atoms with Gasteiger partial charge in [-0.25, -0.2) is 0 Å². The summed E-state index contributed by atoms with van der Waals surface area (Å²) in [5.41, 5.74) is -0.452. The van der Waals surface area contributed by atoms with Gasteiger partial charge in [0.1, 0.15) is 0 Å². The zero-order valence-electron chi connectivity index (χ0n) is 11.9. The number of carboxylic acid groups (broad SMARTS) is 1. The second kappa shape index (κ2) is 5.06. The monoisotopic (exact) mass is 266 g/mol. The topological polar surface area (TPSA) is 52.6 Å². The zero-order valence-corrected chi connectivity index (χ0v) is 11.9. The first kappa shape index (κ1) is 13.4. The fourth-order valence-electron chi connectivity index (χ4n) is 4.25. The van der Waals surface area contributed by atoms with E-state index in [9.17, 15) is 9.90 Å². The second-order valence-corrected chi connectivity index (χ2v) is 7.08. The molecular weight excluding hydrogens is 240 g/mol. The van der Waals surface area contributed by atoms with Crippen molar-refractivity contribution >= 4 is 5.97 Å². The summed E-state index contributed by atoms with van der Waals surface area (Å²) in [6.07, 6.45) is 5.68. The van der Waals surface area contributed by atoms with Crippen molar-refractivity contribution in [1.29, 1.82) is 0 Å². The average molecular weight is 266 g/mol. The van der Waals surface area contributed by atoms with Gasteiger partial charge >= 0.3 is 5.97 Å². The number of nitrogens with zero attached hydrogens (tertiary/aromatic N) is 1. The van der Waals surface area contributed by atoms with E-state index >= 15 is 0 Å². The number of aliphatic carboxylic acids is 1. The summed E-state index contributed by atoms with van der Waals surface area (Å²) < 4.78 is 0. The molecule has 3 rings (SSSR count). The summed E-state index contributed by atoms with van der Waals surface area (Å²) in [4.78, 5) is 13.8. The Labute approximate surface area is 115 Å². The highest BCUT2D eigenvalue weighted by Crippen LogP contribution is 2.45. The molecule has 0 radical (unpaired) electrons. The molecule has 2 unspecified atom stereocenters. The molecule has 4 heteroatoms. The van der Waals surface area contributed by atoms with Crippen molar-refractivity contribution in [3.05, 3.63) is 0 Å². The van der Waals surface area contributed by atoms with Gasteiger partial charge in [0.25, 0.3) is 0 Å². The molecule has 4 nitrogen and oxygen atoms in total. The Hall–Kier alpha value is -0.610. The van der Waals surface area contributed by atoms with Gasteiger partial charge in [0.15, 0.2) is 0 Å². The van der Waals surface area contributed by atoms with Crippen molar-refractivity contribution < 1.29 is 9.90 Å². The van der Waals surface area contributed by atoms with E-state index in [4.69, 9.17) is 0 Å². The zero-order chi connectivity index (χ0) is 13.5. The average Bonchev–Trinajstić information content (AvgIpc) is 2.88. The minimum atomic E-state index is -0.614. The molecule has 0 aromatic rings. The highest BCUT2D eigenvalue weighted by Gasteiger charge is 2.49. The molecule has 19 heavy (non-hydrogen) atoms. The maximum Gasteiger partial charge on any atom is 0.309 e. The van der Waals surface area contributed by atoms with Crippen LogP contribution in [0, 0.1) is 17.3 Å². The smallest absolute Gasteiger partial charge is 0.309 e. The maximum absolute atomic E-state index is 11.2. The first-order valence-corrected chi connectivity index (χ1v) is 7.77. The van der Waals surface area contributed by atoms with Crippen LogP contribution >= 0.6 is 0 Å². The van der Waals surface area contributed by atoms with Gasteiger partial charge in [0.05, 0.1) is 5.41 Å². The van der Waals surface area contributed by atoms with Gasteiger partial charge in [-0.15, -0.1) is 0 Å². The van der Waals surface area contributed by atoms with Crippen molar-refractivity contribution in [3.63, 3.8) is 0 Å². The number of hydrogen-bond acceptors (Lipinski definition) is 3. The lowest BCUT2D eigenvalue weighted by Gasteiger charge is -2.50. The molecule has 108 valence electrons. The first-order valence-electron chi connectivity index (χ1n) is 7.77. The van der Waals surface area contributed by atoms with Crippen LogP contribution in [0.25, 0.3) is 0 Å². The number of likely N-dealkylation sites (tertiary alicyclic amines) is 1. The highest BCUT2D eigenvalue weighted by atomic mass is 16.4. The largest absolute Gasteiger partial charge is 0.481 e. The summed E-state index contributed by atoms with van der Waals surface area (Å²) in [7, 11) is 0. The minimum absolute atomic E-state index is 0.452. The Bertz CT molecular complexity index is 346. The van der Waals surface area contributed by atoms with Crippen LogP contribution in [0.15, 0.2) is 0 Å². The molecule has 0 bridgehead atoms. The predicted octanol–water partition coefficient (Wildman–Crippen LogP) is 1.56. The summed E-state index contributed by atoms with van der Waals surface area (Å²) >= 11 is 0. The lowest BCUT2D eigenvalue weighted by Crippen LogP contribution is -2.55. The van der Waals surface area contributed by atoms with E-state index in [1.165, 1.54) is 45.4 Å². The van der Waals surface area contributed by atoms with Crippen molar-refractivity contribution in [3.8, 4) is 0 Å². The van der Waals surface area contributed by atoms with Gasteiger partial charge in [0, 0.05) is 12.6 Å². The molecule has 1 aliphatic carbocycles. The Morgan fingerprint density at radius 3 is 2.74 bits per heavy atom. The molecule has 3 fully saturated rings. The third kappa shape index (κ3) is 2.52. The second-order valence-electron chi connectivity index (χ2n) is 7.08. The maximum atomic E-state index is 11.2. The number of carbonyl (C=O) groups is 1. The number of hydrogen-bond donors (Lipinski definition) is 2. The van der Waals surface area contributed by atoms with Crippen LogP contribution in [-0.4, -0.2) is 48.2 Å². The van der Waals surface area contributed by atoms with E-state index in [0.717, 1.165) is 24.7 Å². The highest BCUT2D eigenvalue weighted by molar-refractivity contribution is 5.75. The summed E-state index contributed by atoms with van der Waals surface area (Å²) in [5.74, 6) is 1.08. The fourth-order valence-corrected chi connectivity index (χ4v) is 4.25. The molecule has 0 spiro atoms. The van der Waals surface area contributed by atoms with E-state index in [1.807, 2.05) is 6.92 Å². The normalized spacial score (nSPS) is 43.9. The molecular formula is C15H26N2O2. The van der Waals surface area contributed by atoms with Crippen LogP contribution in [0.5, 0.6) is 0 Å². The van der Waals surface area contributed by atoms with Gasteiger partial charge < -0.3 is 15.3 Å². The van der Waals surface area contributed by atoms with E-state index in [0.29, 0.717) is 6.04 Å². The Morgan fingerprint density at radius 2 is 2.11 bits per heavy atom. The summed E-state index contributed by atoms with van der Waals surface area (Å²) in [6.45, 7) is 6.65. The molecule has 2 atom stereocenters. The number of rotatable bonds is 3. The van der Waals surface area contributed by atoms with Crippen LogP contribution in [0.4, 0.5) is 0 Å². The van der Waals surface area contributed by atoms with Crippen LogP contribution in [0.2, 0.25) is 0 Å². The van der Waals surface area contributed by atoms with Gasteiger partial charge in [-0.3, -0.25) is 4.79 Å². The van der Waals surface area contributed by atoms with E-state index in [-0.39, 0.29) is 0 Å². The predicted molar refractivity (Wildman–Crippen MR) is 74.0 cm³/mol. The molecule has 0 aromatic heterocycles. The van der Waals surface area contributed by atoms with Gasteiger partial charge in [-0.05, 0) is 70.5 Å². The standard InChI is InChI=1S/C15H26N2O2/c1-15(14(18)19)7-13(8-15)17-6-2-3-12(10-17)11-4-5-16-9-11/h11-13,16H,2-10H2,1H3,(H,18,19). The van der Waals surface area contributed by atoms with Crippen LogP contribution < -0.4 is 5.32 Å². The third-order valence-electron chi connectivity index (χ3n) is 5.66. The number of piperidine rings is 1. The molecule has 2 N–H and O–H groups in total. The summed E-state index contributed by atoms with van der Waals surface area (Å²) in [6, 6.07) is 0.526. The van der Waals surface area contributed by atoms with Crippen molar-refractivity contribution in [2.45, 2.75) is 45.1 Å². The molecule has 3 aliphatic rings. The molecule has 2 saturated heterocycles. The number of nitrogens with one attached hydrogen (secondary N) is 1. The fraction of sp³-hybridized carbons (Fsp3) is 0.933. The van der Waals surface area contributed by atoms with Crippen molar-refractivity contribution in [1.82, 2.24) is 10.2 Å². The molecule has 0 aromatic carbocycles. The van der Waals surface area contributed by atoms with Crippen LogP contribution in [0.3, 0.4) is 0 Å². The van der Waals surface area contributed by atoms with Gasteiger partial charge in [-0.2, -0.15) is 0 Å². The molecule has 2 heterocycles. The minimum Gasteiger partial charge on any atom is -0.481 e. The quantitative estimate of drug-likeness (QED) is 0.814.